The summed E-state index contributed by atoms with van der Waals surface area (Å²) in [4.78, 5) is 2.58. The predicted octanol–water partition coefficient (Wildman–Crippen LogP) is 2.42. The molecule has 0 amide bonds. The molecule has 4 heteroatoms. The molecule has 0 spiro atoms. The lowest BCUT2D eigenvalue weighted by atomic mass is 9.88. The van der Waals surface area contributed by atoms with Crippen molar-refractivity contribution in [3.63, 3.8) is 0 Å². The Morgan fingerprint density at radius 3 is 2.65 bits per heavy atom. The largest absolute Gasteiger partial charge is 0.329 e. The van der Waals surface area contributed by atoms with E-state index in [0.717, 1.165) is 13.1 Å². The first kappa shape index (κ1) is 15.5. The lowest BCUT2D eigenvalue weighted by molar-refractivity contribution is 0.0886. The average Bonchev–Trinajstić information content (AvgIpc) is 2.73. The van der Waals surface area contributed by atoms with Crippen LogP contribution in [0.5, 0.6) is 0 Å². The van der Waals surface area contributed by atoms with Gasteiger partial charge in [0.05, 0.1) is 5.69 Å². The number of piperidine rings is 1. The number of hydrogen-bond donors (Lipinski definition) is 1. The minimum absolute atomic E-state index is 0.0911. The lowest BCUT2D eigenvalue weighted by Crippen LogP contribution is -2.48. The van der Waals surface area contributed by atoms with Crippen LogP contribution in [-0.4, -0.2) is 33.3 Å². The van der Waals surface area contributed by atoms with Gasteiger partial charge in [-0.15, -0.1) is 0 Å². The van der Waals surface area contributed by atoms with Gasteiger partial charge in [0.15, 0.2) is 0 Å². The second-order valence-electron chi connectivity index (χ2n) is 7.27. The summed E-state index contributed by atoms with van der Waals surface area (Å²) in [7, 11) is 2.01. The molecule has 1 aromatic rings. The first-order chi connectivity index (χ1) is 9.32. The SMILES string of the molecule is CC1CCCC(CN)N1Cc1cn(C)nc1C(C)(C)C. The normalized spacial score (nSPS) is 25.1. The molecular formula is C16H30N4. The van der Waals surface area contributed by atoms with Crippen molar-refractivity contribution >= 4 is 0 Å². The third-order valence-electron chi connectivity index (χ3n) is 4.43. The van der Waals surface area contributed by atoms with Crippen LogP contribution in [0.1, 0.15) is 58.2 Å². The predicted molar refractivity (Wildman–Crippen MR) is 83.6 cm³/mol. The molecule has 114 valence electrons. The molecule has 2 N–H and O–H groups in total. The monoisotopic (exact) mass is 278 g/mol. The Kier molecular flexibility index (Phi) is 4.55. The molecule has 1 saturated heterocycles. The maximum atomic E-state index is 5.98. The van der Waals surface area contributed by atoms with E-state index in [1.807, 2.05) is 11.7 Å². The van der Waals surface area contributed by atoms with Crippen LogP contribution in [0.2, 0.25) is 0 Å². The minimum Gasteiger partial charge on any atom is -0.329 e. The molecular weight excluding hydrogens is 248 g/mol. The summed E-state index contributed by atoms with van der Waals surface area (Å²) in [6.45, 7) is 10.8. The first-order valence-electron chi connectivity index (χ1n) is 7.81. The fourth-order valence-corrected chi connectivity index (χ4v) is 3.36. The molecule has 2 rings (SSSR count). The molecule has 0 aromatic carbocycles. The van der Waals surface area contributed by atoms with Crippen LogP contribution >= 0.6 is 0 Å². The first-order valence-corrected chi connectivity index (χ1v) is 7.81. The van der Waals surface area contributed by atoms with Crippen LogP contribution in [0.3, 0.4) is 0 Å². The molecule has 1 aliphatic rings. The summed E-state index contributed by atoms with van der Waals surface area (Å²) < 4.78 is 1.95. The van der Waals surface area contributed by atoms with Crippen molar-refractivity contribution in [2.45, 2.75) is 71.0 Å². The molecule has 1 aliphatic heterocycles. The van der Waals surface area contributed by atoms with E-state index < -0.39 is 0 Å². The molecule has 0 radical (unpaired) electrons. The second-order valence-corrected chi connectivity index (χ2v) is 7.27. The summed E-state index contributed by atoms with van der Waals surface area (Å²) in [5, 5.41) is 4.68. The van der Waals surface area contributed by atoms with Gasteiger partial charge in [-0.3, -0.25) is 9.58 Å². The zero-order chi connectivity index (χ0) is 14.9. The van der Waals surface area contributed by atoms with Crippen LogP contribution in [0.4, 0.5) is 0 Å². The van der Waals surface area contributed by atoms with Crippen molar-refractivity contribution in [1.82, 2.24) is 14.7 Å². The van der Waals surface area contributed by atoms with E-state index in [0.29, 0.717) is 12.1 Å². The Hall–Kier alpha value is -0.870. The number of hydrogen-bond acceptors (Lipinski definition) is 3. The van der Waals surface area contributed by atoms with E-state index in [1.165, 1.54) is 30.5 Å². The molecule has 2 heterocycles. The second kappa shape index (κ2) is 5.86. The number of nitrogens with zero attached hydrogens (tertiary/aromatic N) is 3. The number of aryl methyl sites for hydroxylation is 1. The van der Waals surface area contributed by atoms with Gasteiger partial charge >= 0.3 is 0 Å². The van der Waals surface area contributed by atoms with Gasteiger partial charge in [0.25, 0.3) is 0 Å². The number of nitrogens with two attached hydrogens (primary N) is 1. The highest BCUT2D eigenvalue weighted by atomic mass is 15.3. The molecule has 0 aliphatic carbocycles. The van der Waals surface area contributed by atoms with Gasteiger partial charge in [0, 0.05) is 49.4 Å². The van der Waals surface area contributed by atoms with Gasteiger partial charge in [-0.2, -0.15) is 5.10 Å². The van der Waals surface area contributed by atoms with Crippen molar-refractivity contribution < 1.29 is 0 Å². The highest BCUT2D eigenvalue weighted by molar-refractivity contribution is 5.24. The van der Waals surface area contributed by atoms with Gasteiger partial charge in [-0.25, -0.2) is 0 Å². The van der Waals surface area contributed by atoms with Crippen molar-refractivity contribution in [2.24, 2.45) is 12.8 Å². The Morgan fingerprint density at radius 1 is 1.35 bits per heavy atom. The van der Waals surface area contributed by atoms with Crippen LogP contribution < -0.4 is 5.73 Å². The van der Waals surface area contributed by atoms with Crippen LogP contribution in [0.15, 0.2) is 6.20 Å². The van der Waals surface area contributed by atoms with Crippen molar-refractivity contribution in [3.8, 4) is 0 Å². The summed E-state index contributed by atoms with van der Waals surface area (Å²) >= 11 is 0. The molecule has 4 nitrogen and oxygen atoms in total. The molecule has 1 aromatic heterocycles. The molecule has 0 bridgehead atoms. The third kappa shape index (κ3) is 3.23. The molecule has 2 unspecified atom stereocenters. The molecule has 1 fully saturated rings. The van der Waals surface area contributed by atoms with Gasteiger partial charge in [0.1, 0.15) is 0 Å². The Bertz CT molecular complexity index is 444. The van der Waals surface area contributed by atoms with Gasteiger partial charge < -0.3 is 5.73 Å². The highest BCUT2D eigenvalue weighted by Gasteiger charge is 2.29. The number of aromatic nitrogens is 2. The summed E-state index contributed by atoms with van der Waals surface area (Å²) in [5.41, 5.74) is 8.64. The van der Waals surface area contributed by atoms with E-state index in [4.69, 9.17) is 5.73 Å². The van der Waals surface area contributed by atoms with E-state index in [1.54, 1.807) is 0 Å². The van der Waals surface area contributed by atoms with Crippen LogP contribution in [0.25, 0.3) is 0 Å². The average molecular weight is 278 g/mol. The number of rotatable bonds is 3. The van der Waals surface area contributed by atoms with Crippen molar-refractivity contribution in [1.29, 1.82) is 0 Å². The maximum absolute atomic E-state index is 5.98. The summed E-state index contributed by atoms with van der Waals surface area (Å²) in [5.74, 6) is 0. The fraction of sp³-hybridized carbons (Fsp3) is 0.812. The molecule has 0 saturated carbocycles. The van der Waals surface area contributed by atoms with E-state index >= 15 is 0 Å². The molecule has 20 heavy (non-hydrogen) atoms. The summed E-state index contributed by atoms with van der Waals surface area (Å²) in [6, 6.07) is 1.14. The smallest absolute Gasteiger partial charge is 0.0722 e. The Labute approximate surface area is 123 Å². The highest BCUT2D eigenvalue weighted by Crippen LogP contribution is 2.29. The van der Waals surface area contributed by atoms with E-state index in [9.17, 15) is 0 Å². The van der Waals surface area contributed by atoms with Crippen molar-refractivity contribution in [3.05, 3.63) is 17.5 Å². The van der Waals surface area contributed by atoms with Gasteiger partial charge in [-0.05, 0) is 19.8 Å². The Morgan fingerprint density at radius 2 is 2.05 bits per heavy atom. The van der Waals surface area contributed by atoms with Crippen LogP contribution in [-0.2, 0) is 19.0 Å². The summed E-state index contributed by atoms with van der Waals surface area (Å²) in [6.07, 6.45) is 5.99. The van der Waals surface area contributed by atoms with E-state index in [2.05, 4.69) is 43.9 Å². The topological polar surface area (TPSA) is 47.1 Å². The van der Waals surface area contributed by atoms with Crippen molar-refractivity contribution in [2.75, 3.05) is 6.54 Å². The zero-order valence-electron chi connectivity index (χ0n) is 13.7. The zero-order valence-corrected chi connectivity index (χ0v) is 13.7. The third-order valence-corrected chi connectivity index (χ3v) is 4.43. The van der Waals surface area contributed by atoms with E-state index in [-0.39, 0.29) is 5.41 Å². The van der Waals surface area contributed by atoms with Gasteiger partial charge in [-0.1, -0.05) is 27.2 Å². The van der Waals surface area contributed by atoms with Crippen LogP contribution in [0, 0.1) is 0 Å². The number of likely N-dealkylation sites (tertiary alicyclic amines) is 1. The fourth-order valence-electron chi connectivity index (χ4n) is 3.36. The minimum atomic E-state index is 0.0911. The maximum Gasteiger partial charge on any atom is 0.0722 e. The molecule has 2 atom stereocenters. The quantitative estimate of drug-likeness (QED) is 0.923. The van der Waals surface area contributed by atoms with Gasteiger partial charge in [0.2, 0.25) is 0 Å². The Balaban J connectivity index is 2.24. The lowest BCUT2D eigenvalue weighted by Gasteiger charge is -2.40. The standard InChI is InChI=1S/C16H30N4/c1-12-7-6-8-14(9-17)20(12)11-13-10-19(5)18-15(13)16(2,3)4/h10,12,14H,6-9,11,17H2,1-5H3.